The number of rotatable bonds is 10. The zero-order chi connectivity index (χ0) is 27.9. The molecule has 0 fully saturated rings. The van der Waals surface area contributed by atoms with Crippen LogP contribution in [-0.4, -0.2) is 26.9 Å². The number of hydrogen-bond donors (Lipinski definition) is 1. The minimum absolute atomic E-state index is 0.396. The second-order valence-corrected chi connectivity index (χ2v) is 9.64. The first kappa shape index (κ1) is 25.9. The number of aromatic nitrogens is 4. The van der Waals surface area contributed by atoms with Crippen LogP contribution in [0.2, 0.25) is 0 Å². The van der Waals surface area contributed by atoms with Crippen LogP contribution in [0.25, 0.3) is 35.2 Å². The van der Waals surface area contributed by atoms with Gasteiger partial charge in [-0.3, -0.25) is 9.67 Å². The summed E-state index contributed by atoms with van der Waals surface area (Å²) in [6.07, 6.45) is 12.0. The van der Waals surface area contributed by atoms with Gasteiger partial charge in [0.25, 0.3) is 0 Å². The third-order valence-electron chi connectivity index (χ3n) is 6.78. The summed E-state index contributed by atoms with van der Waals surface area (Å²) in [6, 6.07) is 32.5. The van der Waals surface area contributed by atoms with Gasteiger partial charge in [0.2, 0.25) is 0 Å². The first-order valence-electron chi connectivity index (χ1n) is 13.5. The Morgan fingerprint density at radius 2 is 1.73 bits per heavy atom. The Morgan fingerprint density at radius 3 is 2.59 bits per heavy atom. The monoisotopic (exact) mass is 538 g/mol. The van der Waals surface area contributed by atoms with E-state index < -0.39 is 0 Å². The molecule has 0 amide bonds. The molecule has 6 rings (SSSR count). The third kappa shape index (κ3) is 6.45. The molecule has 3 aromatic carbocycles. The molecule has 1 N–H and O–H groups in total. The smallest absolute Gasteiger partial charge is 0.130 e. The molecule has 0 bridgehead atoms. The highest BCUT2D eigenvalue weighted by atomic mass is 16.5. The van der Waals surface area contributed by atoms with Crippen LogP contribution < -0.4 is 9.47 Å². The van der Waals surface area contributed by atoms with Gasteiger partial charge in [-0.1, -0.05) is 54.6 Å². The second-order valence-electron chi connectivity index (χ2n) is 9.64. The molecule has 0 aliphatic rings. The van der Waals surface area contributed by atoms with Gasteiger partial charge in [0.05, 0.1) is 30.7 Å². The number of H-pyrrole nitrogens is 1. The lowest BCUT2D eigenvalue weighted by Crippen LogP contribution is -2.03. The molecule has 0 atom stereocenters. The fourth-order valence-corrected chi connectivity index (χ4v) is 4.64. The predicted molar refractivity (Wildman–Crippen MR) is 165 cm³/mol. The maximum atomic E-state index is 5.93. The van der Waals surface area contributed by atoms with Gasteiger partial charge in [0.15, 0.2) is 0 Å². The van der Waals surface area contributed by atoms with E-state index in [4.69, 9.17) is 14.6 Å². The Morgan fingerprint density at radius 1 is 0.829 bits per heavy atom. The van der Waals surface area contributed by atoms with E-state index in [0.717, 1.165) is 45.2 Å². The van der Waals surface area contributed by atoms with Crippen molar-refractivity contribution < 1.29 is 9.47 Å². The van der Waals surface area contributed by atoms with Gasteiger partial charge >= 0.3 is 0 Å². The summed E-state index contributed by atoms with van der Waals surface area (Å²) < 4.78 is 13.6. The lowest BCUT2D eigenvalue weighted by molar-refractivity contribution is 0.299. The van der Waals surface area contributed by atoms with E-state index in [1.807, 2.05) is 71.6 Å². The van der Waals surface area contributed by atoms with Crippen LogP contribution in [0.1, 0.15) is 33.8 Å². The summed E-state index contributed by atoms with van der Waals surface area (Å²) in [4.78, 5) is 7.59. The summed E-state index contributed by atoms with van der Waals surface area (Å²) in [5.74, 6) is 1.46. The highest BCUT2D eigenvalue weighted by molar-refractivity contribution is 5.83. The number of hydrogen-bond acceptors (Lipinski definition) is 4. The van der Waals surface area contributed by atoms with Crippen molar-refractivity contribution in [3.8, 4) is 11.5 Å². The van der Waals surface area contributed by atoms with Crippen LogP contribution in [0, 0.1) is 0 Å². The van der Waals surface area contributed by atoms with Crippen molar-refractivity contribution >= 4 is 35.2 Å². The maximum Gasteiger partial charge on any atom is 0.130 e. The molecule has 6 heteroatoms. The Balaban J connectivity index is 1.24. The van der Waals surface area contributed by atoms with Crippen molar-refractivity contribution in [1.29, 1.82) is 0 Å². The van der Waals surface area contributed by atoms with E-state index in [1.165, 1.54) is 10.9 Å². The lowest BCUT2D eigenvalue weighted by Gasteiger charge is -2.10. The number of benzene rings is 3. The fraction of sp³-hybridized carbons (Fsp3) is 0.0857. The number of nitrogens with zero attached hydrogens (tertiary/aromatic N) is 3. The number of ether oxygens (including phenoxy) is 2. The van der Waals surface area contributed by atoms with Crippen molar-refractivity contribution in [3.05, 3.63) is 143 Å². The minimum Gasteiger partial charge on any atom is -0.496 e. The molecule has 41 heavy (non-hydrogen) atoms. The molecule has 3 aromatic heterocycles. The highest BCUT2D eigenvalue weighted by Crippen LogP contribution is 2.27. The van der Waals surface area contributed by atoms with E-state index in [-0.39, 0.29) is 0 Å². The average Bonchev–Trinajstić information content (AvgIpc) is 3.65. The average molecular weight is 539 g/mol. The normalized spacial score (nSPS) is 11.5. The zero-order valence-electron chi connectivity index (χ0n) is 22.8. The van der Waals surface area contributed by atoms with Gasteiger partial charge in [0, 0.05) is 29.5 Å². The molecule has 202 valence electrons. The lowest BCUT2D eigenvalue weighted by atomic mass is 10.1. The minimum atomic E-state index is 0.396. The number of pyridine rings is 1. The third-order valence-corrected chi connectivity index (χ3v) is 6.78. The topological polar surface area (TPSA) is 65.0 Å². The van der Waals surface area contributed by atoms with E-state index in [0.29, 0.717) is 13.2 Å². The number of aromatic amines is 1. The molecular formula is C35H30N4O2. The van der Waals surface area contributed by atoms with Gasteiger partial charge < -0.3 is 14.5 Å². The summed E-state index contributed by atoms with van der Waals surface area (Å²) in [5.41, 5.74) is 7.11. The van der Waals surface area contributed by atoms with Gasteiger partial charge in [-0.05, 0) is 77.2 Å². The van der Waals surface area contributed by atoms with Crippen LogP contribution >= 0.6 is 0 Å². The Labute approximate surface area is 239 Å². The first-order valence-corrected chi connectivity index (χ1v) is 13.5. The van der Waals surface area contributed by atoms with Gasteiger partial charge in [0.1, 0.15) is 18.1 Å². The van der Waals surface area contributed by atoms with Gasteiger partial charge in [-0.25, -0.2) is 0 Å². The molecule has 6 nitrogen and oxygen atoms in total. The summed E-state index contributed by atoms with van der Waals surface area (Å²) in [5, 5.41) is 6.11. The molecule has 6 aromatic rings. The van der Waals surface area contributed by atoms with Gasteiger partial charge in [-0.15, -0.1) is 0 Å². The van der Waals surface area contributed by atoms with E-state index in [2.05, 4.69) is 70.7 Å². The van der Waals surface area contributed by atoms with Crippen molar-refractivity contribution in [2.75, 3.05) is 7.11 Å². The molecule has 0 radical (unpaired) electrons. The maximum absolute atomic E-state index is 5.93. The van der Waals surface area contributed by atoms with Gasteiger partial charge in [-0.2, -0.15) is 5.10 Å². The number of fused-ring (bicyclic) bond motifs is 1. The van der Waals surface area contributed by atoms with Crippen LogP contribution in [0.4, 0.5) is 0 Å². The van der Waals surface area contributed by atoms with Crippen LogP contribution in [0.5, 0.6) is 11.5 Å². The predicted octanol–water partition coefficient (Wildman–Crippen LogP) is 7.74. The zero-order valence-corrected chi connectivity index (χ0v) is 22.8. The molecule has 0 aliphatic heterocycles. The largest absolute Gasteiger partial charge is 0.496 e. The quantitative estimate of drug-likeness (QED) is 0.194. The van der Waals surface area contributed by atoms with E-state index in [9.17, 15) is 0 Å². The molecular weight excluding hydrogens is 508 g/mol. The Hall–Kier alpha value is -5.36. The van der Waals surface area contributed by atoms with E-state index in [1.54, 1.807) is 13.3 Å². The fourth-order valence-electron chi connectivity index (χ4n) is 4.64. The van der Waals surface area contributed by atoms with Crippen LogP contribution in [-0.2, 0) is 13.2 Å². The molecule has 0 unspecified atom stereocenters. The number of methoxy groups -OCH3 is 1. The standard InChI is InChI=1S/C35H30N4O2/c1-40-35-23-33(41-25-31-9-5-6-19-36-31)17-14-29(35)13-16-32-22-30(38-39(32)24-27-7-3-2-4-8-27)15-11-26-10-12-28-18-20-37-34(28)21-26/h2-23,37H,24-25H2,1H3/b15-11+,16-13+. The molecule has 0 saturated heterocycles. The van der Waals surface area contributed by atoms with Crippen molar-refractivity contribution in [1.82, 2.24) is 19.7 Å². The second kappa shape index (κ2) is 12.2. The Bertz CT molecular complexity index is 1800. The summed E-state index contributed by atoms with van der Waals surface area (Å²) >= 11 is 0. The Kier molecular flexibility index (Phi) is 7.72. The van der Waals surface area contributed by atoms with E-state index >= 15 is 0 Å². The van der Waals surface area contributed by atoms with Crippen molar-refractivity contribution in [2.45, 2.75) is 13.2 Å². The molecule has 0 saturated carbocycles. The highest BCUT2D eigenvalue weighted by Gasteiger charge is 2.08. The summed E-state index contributed by atoms with van der Waals surface area (Å²) in [7, 11) is 1.67. The SMILES string of the molecule is COc1cc(OCc2ccccn2)ccc1/C=C/c1cc(/C=C/c2ccc3cc[nH]c3c2)nn1Cc1ccccc1. The molecule has 0 spiro atoms. The van der Waals surface area contributed by atoms with Crippen LogP contribution in [0.15, 0.2) is 109 Å². The number of nitrogens with one attached hydrogen (secondary N) is 1. The van der Waals surface area contributed by atoms with Crippen LogP contribution in [0.3, 0.4) is 0 Å². The molecule has 0 aliphatic carbocycles. The van der Waals surface area contributed by atoms with Crippen molar-refractivity contribution in [2.24, 2.45) is 0 Å². The van der Waals surface area contributed by atoms with Crippen molar-refractivity contribution in [3.63, 3.8) is 0 Å². The first-order chi connectivity index (χ1) is 20.2. The summed E-state index contributed by atoms with van der Waals surface area (Å²) in [6.45, 7) is 1.06. The molecule has 3 heterocycles.